The Hall–Kier alpha value is -2.61. The number of halogens is 1. The van der Waals surface area contributed by atoms with Crippen LogP contribution in [0.3, 0.4) is 0 Å². The van der Waals surface area contributed by atoms with Gasteiger partial charge in [0.1, 0.15) is 5.82 Å². The maximum atomic E-state index is 14.3. The summed E-state index contributed by atoms with van der Waals surface area (Å²) in [6.07, 6.45) is 4.99. The van der Waals surface area contributed by atoms with Crippen molar-refractivity contribution in [2.45, 2.75) is 37.5 Å². The van der Waals surface area contributed by atoms with E-state index < -0.39 is 5.41 Å². The predicted molar refractivity (Wildman–Crippen MR) is 89.0 cm³/mol. The van der Waals surface area contributed by atoms with Crippen LogP contribution in [0.4, 0.5) is 4.39 Å². The number of benzene rings is 1. The molecule has 0 bridgehead atoms. The van der Waals surface area contributed by atoms with Crippen LogP contribution in [0, 0.1) is 17.1 Å². The topological polar surface area (TPSA) is 65.9 Å². The molecule has 2 aromatic rings. The Morgan fingerprint density at radius 1 is 1.58 bits per heavy atom. The first-order valence-electron chi connectivity index (χ1n) is 7.97. The van der Waals surface area contributed by atoms with Gasteiger partial charge >= 0.3 is 5.97 Å². The van der Waals surface area contributed by atoms with E-state index in [1.54, 1.807) is 6.08 Å². The van der Waals surface area contributed by atoms with Gasteiger partial charge in [0, 0.05) is 16.5 Å². The molecular formula is C19H19FN2O2. The maximum Gasteiger partial charge on any atom is 0.306 e. The minimum Gasteiger partial charge on any atom is -0.469 e. The standard InChI is InChI=1S/C19H19FN2O2/c1-3-8-19(10-15(23)24-2)9-4-5-13-16-12(11-21)6-7-14(20)17(16)22-18(13)19/h3,6-7,22H,1,4-5,8-10H2,2H3. The number of aromatic amines is 1. The Labute approximate surface area is 139 Å². The van der Waals surface area contributed by atoms with Gasteiger partial charge in [-0.25, -0.2) is 4.39 Å². The highest BCUT2D eigenvalue weighted by Crippen LogP contribution is 2.46. The van der Waals surface area contributed by atoms with Crippen molar-refractivity contribution in [1.82, 2.24) is 4.98 Å². The Morgan fingerprint density at radius 3 is 3.04 bits per heavy atom. The van der Waals surface area contributed by atoms with Crippen molar-refractivity contribution in [3.8, 4) is 6.07 Å². The summed E-state index contributed by atoms with van der Waals surface area (Å²) in [5, 5.41) is 10.0. The summed E-state index contributed by atoms with van der Waals surface area (Å²) >= 11 is 0. The third-order valence-corrected chi connectivity index (χ3v) is 4.99. The molecule has 0 radical (unpaired) electrons. The highest BCUT2D eigenvalue weighted by atomic mass is 19.1. The minimum absolute atomic E-state index is 0.207. The number of carbonyl (C=O) groups excluding carboxylic acids is 1. The number of allylic oxidation sites excluding steroid dienone is 1. The highest BCUT2D eigenvalue weighted by Gasteiger charge is 2.40. The molecule has 0 saturated heterocycles. The van der Waals surface area contributed by atoms with Gasteiger partial charge in [0.2, 0.25) is 0 Å². The van der Waals surface area contributed by atoms with Crippen LogP contribution in [0.25, 0.3) is 10.9 Å². The number of nitriles is 1. The van der Waals surface area contributed by atoms with Gasteiger partial charge in [-0.1, -0.05) is 6.08 Å². The summed E-state index contributed by atoms with van der Waals surface area (Å²) in [6, 6.07) is 4.96. The molecule has 4 nitrogen and oxygen atoms in total. The zero-order chi connectivity index (χ0) is 17.3. The lowest BCUT2D eigenvalue weighted by Crippen LogP contribution is -2.33. The number of nitrogens with one attached hydrogen (secondary N) is 1. The molecule has 5 heteroatoms. The molecule has 0 aliphatic heterocycles. The molecule has 124 valence electrons. The fourth-order valence-electron chi connectivity index (χ4n) is 3.94. The molecule has 1 heterocycles. The highest BCUT2D eigenvalue weighted by molar-refractivity contribution is 5.91. The average Bonchev–Trinajstić information content (AvgIpc) is 2.98. The molecule has 0 saturated carbocycles. The summed E-state index contributed by atoms with van der Waals surface area (Å²) in [5.74, 6) is -0.687. The molecule has 0 amide bonds. The molecule has 1 aromatic carbocycles. The average molecular weight is 326 g/mol. The van der Waals surface area contributed by atoms with E-state index in [1.165, 1.54) is 19.2 Å². The van der Waals surface area contributed by atoms with E-state index in [-0.39, 0.29) is 18.2 Å². The number of methoxy groups -OCH3 is 1. The SMILES string of the molecule is C=CCC1(CC(=O)OC)CCCc2c1[nH]c1c(F)ccc(C#N)c21. The molecular weight excluding hydrogens is 307 g/mol. The number of fused-ring (bicyclic) bond motifs is 3. The number of hydrogen-bond acceptors (Lipinski definition) is 3. The van der Waals surface area contributed by atoms with Crippen LogP contribution in [0.15, 0.2) is 24.8 Å². The number of hydrogen-bond donors (Lipinski definition) is 1. The Morgan fingerprint density at radius 2 is 2.38 bits per heavy atom. The fourth-order valence-corrected chi connectivity index (χ4v) is 3.94. The van der Waals surface area contributed by atoms with E-state index in [0.717, 1.165) is 30.5 Å². The molecule has 1 aromatic heterocycles. The fraction of sp³-hybridized carbons (Fsp3) is 0.368. The lowest BCUT2D eigenvalue weighted by atomic mass is 9.69. The van der Waals surface area contributed by atoms with E-state index in [1.807, 2.05) is 0 Å². The lowest BCUT2D eigenvalue weighted by Gasteiger charge is -2.36. The predicted octanol–water partition coefficient (Wildman–Crippen LogP) is 3.89. The molecule has 1 N–H and O–H groups in total. The van der Waals surface area contributed by atoms with Gasteiger partial charge in [-0.3, -0.25) is 4.79 Å². The Bertz CT molecular complexity index is 862. The molecule has 1 aliphatic carbocycles. The van der Waals surface area contributed by atoms with Gasteiger partial charge in [0.15, 0.2) is 0 Å². The van der Waals surface area contributed by atoms with Crippen molar-refractivity contribution in [3.05, 3.63) is 47.4 Å². The van der Waals surface area contributed by atoms with E-state index in [4.69, 9.17) is 4.74 Å². The van der Waals surface area contributed by atoms with Crippen LogP contribution < -0.4 is 0 Å². The smallest absolute Gasteiger partial charge is 0.306 e. The number of ether oxygens (including phenoxy) is 1. The number of nitrogens with zero attached hydrogens (tertiary/aromatic N) is 1. The van der Waals surface area contributed by atoms with Crippen LogP contribution in [-0.2, 0) is 21.4 Å². The van der Waals surface area contributed by atoms with Gasteiger partial charge in [-0.05, 0) is 43.4 Å². The second kappa shape index (κ2) is 6.12. The van der Waals surface area contributed by atoms with Crippen molar-refractivity contribution in [2.75, 3.05) is 7.11 Å². The van der Waals surface area contributed by atoms with Gasteiger partial charge < -0.3 is 9.72 Å². The third-order valence-electron chi connectivity index (χ3n) is 4.99. The number of esters is 1. The van der Waals surface area contributed by atoms with Crippen molar-refractivity contribution < 1.29 is 13.9 Å². The van der Waals surface area contributed by atoms with Crippen LogP contribution in [0.1, 0.15) is 42.5 Å². The molecule has 0 spiro atoms. The molecule has 1 aliphatic rings. The van der Waals surface area contributed by atoms with Gasteiger partial charge in [0.05, 0.1) is 30.7 Å². The van der Waals surface area contributed by atoms with E-state index >= 15 is 0 Å². The zero-order valence-electron chi connectivity index (χ0n) is 13.6. The number of aryl methyl sites for hydroxylation is 1. The van der Waals surface area contributed by atoms with Crippen molar-refractivity contribution >= 4 is 16.9 Å². The van der Waals surface area contributed by atoms with Crippen molar-refractivity contribution in [1.29, 1.82) is 5.26 Å². The normalized spacial score (nSPS) is 19.5. The summed E-state index contributed by atoms with van der Waals surface area (Å²) in [4.78, 5) is 15.2. The van der Waals surface area contributed by atoms with Crippen molar-refractivity contribution in [2.24, 2.45) is 0 Å². The van der Waals surface area contributed by atoms with Gasteiger partial charge in [-0.2, -0.15) is 5.26 Å². The molecule has 0 fully saturated rings. The summed E-state index contributed by atoms with van der Waals surface area (Å²) in [6.45, 7) is 3.82. The first kappa shape index (κ1) is 16.3. The number of aromatic nitrogens is 1. The third kappa shape index (κ3) is 2.39. The number of rotatable bonds is 4. The van der Waals surface area contributed by atoms with Gasteiger partial charge in [0.25, 0.3) is 0 Å². The Kier molecular flexibility index (Phi) is 4.15. The van der Waals surface area contributed by atoms with E-state index in [0.29, 0.717) is 22.9 Å². The van der Waals surface area contributed by atoms with Crippen LogP contribution >= 0.6 is 0 Å². The van der Waals surface area contributed by atoms with Crippen LogP contribution in [-0.4, -0.2) is 18.1 Å². The Balaban J connectivity index is 2.28. The minimum atomic E-state index is -0.486. The number of carbonyl (C=O) groups is 1. The largest absolute Gasteiger partial charge is 0.469 e. The van der Waals surface area contributed by atoms with E-state index in [9.17, 15) is 14.4 Å². The first-order valence-corrected chi connectivity index (χ1v) is 7.97. The molecule has 1 atom stereocenters. The second-order valence-electron chi connectivity index (χ2n) is 6.31. The lowest BCUT2D eigenvalue weighted by molar-refractivity contribution is -0.142. The summed E-state index contributed by atoms with van der Waals surface area (Å²) in [7, 11) is 1.37. The van der Waals surface area contributed by atoms with Crippen molar-refractivity contribution in [3.63, 3.8) is 0 Å². The van der Waals surface area contributed by atoms with Gasteiger partial charge in [-0.15, -0.1) is 6.58 Å². The quantitative estimate of drug-likeness (QED) is 0.684. The number of H-pyrrole nitrogens is 1. The van der Waals surface area contributed by atoms with Crippen LogP contribution in [0.2, 0.25) is 0 Å². The maximum absolute atomic E-state index is 14.3. The molecule has 1 unspecified atom stereocenters. The summed E-state index contributed by atoms with van der Waals surface area (Å²) in [5.41, 5.74) is 2.10. The molecule has 3 rings (SSSR count). The van der Waals surface area contributed by atoms with Crippen LogP contribution in [0.5, 0.6) is 0 Å². The monoisotopic (exact) mass is 326 g/mol. The summed E-state index contributed by atoms with van der Waals surface area (Å²) < 4.78 is 19.2. The van der Waals surface area contributed by atoms with E-state index in [2.05, 4.69) is 17.6 Å². The zero-order valence-corrected chi connectivity index (χ0v) is 13.6. The second-order valence-corrected chi connectivity index (χ2v) is 6.31. The first-order chi connectivity index (χ1) is 11.6. The molecule has 24 heavy (non-hydrogen) atoms.